The molecule has 25 heavy (non-hydrogen) atoms. The van der Waals surface area contributed by atoms with E-state index in [-0.39, 0.29) is 5.41 Å². The lowest BCUT2D eigenvalue weighted by Gasteiger charge is -2.22. The van der Waals surface area contributed by atoms with E-state index in [4.69, 9.17) is 9.26 Å². The van der Waals surface area contributed by atoms with Gasteiger partial charge in [0.1, 0.15) is 0 Å². The number of aliphatic imine (C=N–C) groups is 1. The zero-order chi connectivity index (χ0) is 18.1. The van der Waals surface area contributed by atoms with Gasteiger partial charge in [0.2, 0.25) is 5.89 Å². The molecule has 7 nitrogen and oxygen atoms in total. The molecule has 0 spiro atoms. The van der Waals surface area contributed by atoms with Gasteiger partial charge in [0.15, 0.2) is 11.8 Å². The Kier molecular flexibility index (Phi) is 7.68. The molecule has 0 aliphatic heterocycles. The molecule has 0 saturated heterocycles. The van der Waals surface area contributed by atoms with Gasteiger partial charge >= 0.3 is 0 Å². The summed E-state index contributed by atoms with van der Waals surface area (Å²) in [6.45, 7) is 8.26. The minimum absolute atomic E-state index is 0.135. The molecule has 1 saturated carbocycles. The molecule has 1 heterocycles. The van der Waals surface area contributed by atoms with Crippen LogP contribution in [0.1, 0.15) is 71.0 Å². The number of guanidine groups is 1. The molecule has 1 aliphatic rings. The van der Waals surface area contributed by atoms with Gasteiger partial charge in [-0.15, -0.1) is 0 Å². The average Bonchev–Trinajstić information content (AvgIpc) is 3.07. The van der Waals surface area contributed by atoms with Crippen LogP contribution in [-0.4, -0.2) is 42.4 Å². The lowest BCUT2D eigenvalue weighted by Crippen LogP contribution is -2.38. The van der Waals surface area contributed by atoms with Crippen molar-refractivity contribution in [3.8, 4) is 0 Å². The number of hydrogen-bond donors (Lipinski definition) is 2. The summed E-state index contributed by atoms with van der Waals surface area (Å²) in [5.74, 6) is 2.01. The molecule has 0 aromatic carbocycles. The third-order valence-electron chi connectivity index (χ3n) is 4.27. The summed E-state index contributed by atoms with van der Waals surface area (Å²) in [5, 5.41) is 10.5. The Morgan fingerprint density at radius 1 is 1.24 bits per heavy atom. The summed E-state index contributed by atoms with van der Waals surface area (Å²) in [4.78, 5) is 8.62. The molecule has 1 aliphatic carbocycles. The third-order valence-corrected chi connectivity index (χ3v) is 4.27. The molecule has 2 rings (SSSR count). The highest BCUT2D eigenvalue weighted by Crippen LogP contribution is 2.20. The van der Waals surface area contributed by atoms with E-state index < -0.39 is 0 Å². The number of hydrogen-bond acceptors (Lipinski definition) is 5. The van der Waals surface area contributed by atoms with Crippen LogP contribution in [-0.2, 0) is 16.7 Å². The van der Waals surface area contributed by atoms with Crippen LogP contribution in [0.4, 0.5) is 0 Å². The van der Waals surface area contributed by atoms with Crippen molar-refractivity contribution < 1.29 is 9.26 Å². The van der Waals surface area contributed by atoms with Gasteiger partial charge in [0, 0.05) is 25.6 Å². The summed E-state index contributed by atoms with van der Waals surface area (Å²) < 4.78 is 11.2. The van der Waals surface area contributed by atoms with Crippen molar-refractivity contribution in [3.05, 3.63) is 11.7 Å². The number of nitrogens with one attached hydrogen (secondary N) is 2. The normalized spacial score (nSPS) is 16.9. The Bertz CT molecular complexity index is 530. The lowest BCUT2D eigenvalue weighted by molar-refractivity contribution is 0.0277. The third kappa shape index (κ3) is 7.02. The highest BCUT2D eigenvalue weighted by molar-refractivity contribution is 5.79. The molecular formula is C18H33N5O2. The fraction of sp³-hybridized carbons (Fsp3) is 0.833. The Balaban J connectivity index is 1.61. The van der Waals surface area contributed by atoms with Crippen LogP contribution in [0.15, 0.2) is 9.52 Å². The second-order valence-electron chi connectivity index (χ2n) is 7.60. The van der Waals surface area contributed by atoms with Crippen molar-refractivity contribution in [3.63, 3.8) is 0 Å². The second-order valence-corrected chi connectivity index (χ2v) is 7.60. The van der Waals surface area contributed by atoms with Gasteiger partial charge in [0.05, 0.1) is 12.6 Å². The zero-order valence-corrected chi connectivity index (χ0v) is 16.1. The Morgan fingerprint density at radius 3 is 2.64 bits per heavy atom. The van der Waals surface area contributed by atoms with E-state index in [0.717, 1.165) is 25.5 Å². The zero-order valence-electron chi connectivity index (χ0n) is 16.1. The molecule has 142 valence electrons. The quantitative estimate of drug-likeness (QED) is 0.446. The van der Waals surface area contributed by atoms with E-state index in [1.807, 2.05) is 20.8 Å². The monoisotopic (exact) mass is 351 g/mol. The molecule has 7 heteroatoms. The highest BCUT2D eigenvalue weighted by Gasteiger charge is 2.21. The van der Waals surface area contributed by atoms with Gasteiger partial charge < -0.3 is 19.9 Å². The Morgan fingerprint density at radius 2 is 2.00 bits per heavy atom. The average molecular weight is 351 g/mol. The maximum absolute atomic E-state index is 5.93. The van der Waals surface area contributed by atoms with Crippen LogP contribution in [0, 0.1) is 0 Å². The van der Waals surface area contributed by atoms with Crippen molar-refractivity contribution in [1.82, 2.24) is 20.8 Å². The maximum Gasteiger partial charge on any atom is 0.232 e. The van der Waals surface area contributed by atoms with E-state index >= 15 is 0 Å². The fourth-order valence-corrected chi connectivity index (χ4v) is 2.77. The summed E-state index contributed by atoms with van der Waals surface area (Å²) >= 11 is 0. The molecule has 0 radical (unpaired) electrons. The van der Waals surface area contributed by atoms with Crippen molar-refractivity contribution in [2.24, 2.45) is 4.99 Å². The minimum atomic E-state index is -0.135. The molecule has 1 aromatic heterocycles. The first kappa shape index (κ1) is 19.7. The SMILES string of the molecule is CN=C(NCCCOC1CCCCC1)NCc1noc(C(C)(C)C)n1. The number of rotatable bonds is 7. The molecule has 0 bridgehead atoms. The number of ether oxygens (including phenoxy) is 1. The van der Waals surface area contributed by atoms with Crippen LogP contribution >= 0.6 is 0 Å². The van der Waals surface area contributed by atoms with Crippen LogP contribution in [0.2, 0.25) is 0 Å². The number of aromatic nitrogens is 2. The van der Waals surface area contributed by atoms with Crippen molar-refractivity contribution >= 4 is 5.96 Å². The number of nitrogens with zero attached hydrogens (tertiary/aromatic N) is 3. The van der Waals surface area contributed by atoms with Crippen LogP contribution in [0.5, 0.6) is 0 Å². The van der Waals surface area contributed by atoms with Crippen LogP contribution in [0.3, 0.4) is 0 Å². The molecule has 0 amide bonds. The van der Waals surface area contributed by atoms with Gasteiger partial charge in [-0.25, -0.2) is 0 Å². The van der Waals surface area contributed by atoms with Crippen molar-refractivity contribution in [2.75, 3.05) is 20.2 Å². The molecule has 0 atom stereocenters. The summed E-state index contributed by atoms with van der Waals surface area (Å²) in [7, 11) is 1.75. The predicted molar refractivity (Wildman–Crippen MR) is 98.6 cm³/mol. The Hall–Kier alpha value is -1.63. The van der Waals surface area contributed by atoms with Crippen LogP contribution < -0.4 is 10.6 Å². The molecule has 0 unspecified atom stereocenters. The van der Waals surface area contributed by atoms with E-state index in [1.165, 1.54) is 32.1 Å². The highest BCUT2D eigenvalue weighted by atomic mass is 16.5. The predicted octanol–water partition coefficient (Wildman–Crippen LogP) is 2.77. The largest absolute Gasteiger partial charge is 0.378 e. The first-order chi connectivity index (χ1) is 12.0. The molecule has 2 N–H and O–H groups in total. The fourth-order valence-electron chi connectivity index (χ4n) is 2.77. The maximum atomic E-state index is 5.93. The van der Waals surface area contributed by atoms with E-state index in [9.17, 15) is 0 Å². The van der Waals surface area contributed by atoms with Gasteiger partial charge in [-0.05, 0) is 19.3 Å². The van der Waals surface area contributed by atoms with E-state index in [1.54, 1.807) is 7.05 Å². The lowest BCUT2D eigenvalue weighted by atomic mass is 9.97. The van der Waals surface area contributed by atoms with Gasteiger partial charge in [0.25, 0.3) is 0 Å². The smallest absolute Gasteiger partial charge is 0.232 e. The van der Waals surface area contributed by atoms with Crippen molar-refractivity contribution in [1.29, 1.82) is 0 Å². The Labute approximate surface area is 151 Å². The summed E-state index contributed by atoms with van der Waals surface area (Å²) in [6.07, 6.45) is 7.87. The first-order valence-corrected chi connectivity index (χ1v) is 9.38. The molecule has 1 fully saturated rings. The van der Waals surface area contributed by atoms with Gasteiger partial charge in [-0.3, -0.25) is 4.99 Å². The first-order valence-electron chi connectivity index (χ1n) is 9.38. The summed E-state index contributed by atoms with van der Waals surface area (Å²) in [6, 6.07) is 0. The second kappa shape index (κ2) is 9.75. The molecular weight excluding hydrogens is 318 g/mol. The standard InChI is InChI=1S/C18H33N5O2/c1-18(2,3)16-22-15(23-25-16)13-21-17(19-4)20-11-8-12-24-14-9-6-5-7-10-14/h14H,5-13H2,1-4H3,(H2,19,20,21). The molecule has 1 aromatic rings. The van der Waals surface area contributed by atoms with E-state index in [0.29, 0.717) is 24.4 Å². The van der Waals surface area contributed by atoms with Gasteiger partial charge in [-0.1, -0.05) is 45.2 Å². The van der Waals surface area contributed by atoms with Crippen LogP contribution in [0.25, 0.3) is 0 Å². The minimum Gasteiger partial charge on any atom is -0.378 e. The summed E-state index contributed by atoms with van der Waals surface area (Å²) in [5.41, 5.74) is -0.135. The van der Waals surface area contributed by atoms with Crippen molar-refractivity contribution in [2.45, 2.75) is 77.4 Å². The topological polar surface area (TPSA) is 84.6 Å². The van der Waals surface area contributed by atoms with E-state index in [2.05, 4.69) is 25.8 Å². The van der Waals surface area contributed by atoms with Gasteiger partial charge in [-0.2, -0.15) is 4.98 Å².